The second kappa shape index (κ2) is 15.3. The number of aromatic nitrogens is 4. The van der Waals surface area contributed by atoms with E-state index >= 15 is 0 Å². The van der Waals surface area contributed by atoms with Gasteiger partial charge in [0.2, 0.25) is 0 Å². The van der Waals surface area contributed by atoms with E-state index in [1.807, 2.05) is 54.6 Å². The van der Waals surface area contributed by atoms with Crippen molar-refractivity contribution in [2.24, 2.45) is 0 Å². The molecule has 0 saturated heterocycles. The number of rotatable bonds is 7. The lowest BCUT2D eigenvalue weighted by molar-refractivity contribution is 1.09. The highest BCUT2D eigenvalue weighted by molar-refractivity contribution is 6.13. The second-order valence-electron chi connectivity index (χ2n) is 16.1. The first kappa shape index (κ1) is 37.0. The summed E-state index contributed by atoms with van der Waals surface area (Å²) >= 11 is 0. The van der Waals surface area contributed by atoms with E-state index in [1.54, 1.807) is 0 Å². The standard InChI is InChI=1S/C59H37N5/c60-38-45-35-57(63-53-27-15-13-25-46(53)49-33-43(29-31-55(49)63)39-17-5-1-6-18-39)58(64-54-28-16-14-26-47(54)50-34-44(30-32-56(50)64)40-19-7-2-8-20-40)36-48(45)52-37-51(41-21-9-3-10-22-41)61-59(62-52)42-23-11-4-12-24-42/h1-37H. The maximum atomic E-state index is 11.3. The van der Waals surface area contributed by atoms with E-state index in [-0.39, 0.29) is 0 Å². The summed E-state index contributed by atoms with van der Waals surface area (Å²) in [6.45, 7) is 0. The summed E-state index contributed by atoms with van der Waals surface area (Å²) in [5.74, 6) is 0.591. The van der Waals surface area contributed by atoms with Crippen molar-refractivity contribution in [3.63, 3.8) is 0 Å². The molecule has 0 radical (unpaired) electrons. The van der Waals surface area contributed by atoms with Gasteiger partial charge in [-0.2, -0.15) is 5.26 Å². The molecule has 0 saturated carbocycles. The topological polar surface area (TPSA) is 59.4 Å². The molecule has 298 valence electrons. The van der Waals surface area contributed by atoms with Gasteiger partial charge in [0.15, 0.2) is 5.82 Å². The van der Waals surface area contributed by atoms with Crippen molar-refractivity contribution in [2.45, 2.75) is 0 Å². The summed E-state index contributed by atoms with van der Waals surface area (Å²) < 4.78 is 4.71. The van der Waals surface area contributed by atoms with Gasteiger partial charge in [-0.25, -0.2) is 9.97 Å². The molecule has 0 fully saturated rings. The Balaban J connectivity index is 1.19. The molecule has 0 atom stereocenters. The largest absolute Gasteiger partial charge is 0.307 e. The number of benzene rings is 9. The zero-order valence-corrected chi connectivity index (χ0v) is 34.6. The van der Waals surface area contributed by atoms with E-state index in [0.717, 1.165) is 99.6 Å². The van der Waals surface area contributed by atoms with Crippen LogP contribution < -0.4 is 0 Å². The highest BCUT2D eigenvalue weighted by Crippen LogP contribution is 2.43. The van der Waals surface area contributed by atoms with Crippen LogP contribution in [0.2, 0.25) is 0 Å². The van der Waals surface area contributed by atoms with Gasteiger partial charge in [-0.1, -0.05) is 170 Å². The molecular formula is C59H37N5. The minimum absolute atomic E-state index is 0.509. The second-order valence-corrected chi connectivity index (χ2v) is 16.1. The fraction of sp³-hybridized carbons (Fsp3) is 0. The highest BCUT2D eigenvalue weighted by atomic mass is 15.1. The molecule has 0 spiro atoms. The summed E-state index contributed by atoms with van der Waals surface area (Å²) in [6, 6.07) is 80.9. The molecule has 0 aliphatic heterocycles. The van der Waals surface area contributed by atoms with Crippen LogP contribution in [0.1, 0.15) is 5.56 Å². The van der Waals surface area contributed by atoms with Gasteiger partial charge in [-0.05, 0) is 76.9 Å². The lowest BCUT2D eigenvalue weighted by Crippen LogP contribution is -2.06. The molecule has 64 heavy (non-hydrogen) atoms. The normalized spacial score (nSPS) is 11.4. The van der Waals surface area contributed by atoms with Crippen molar-refractivity contribution in [1.82, 2.24) is 19.1 Å². The molecule has 9 aromatic carbocycles. The monoisotopic (exact) mass is 815 g/mol. The molecule has 0 aliphatic rings. The van der Waals surface area contributed by atoms with E-state index in [0.29, 0.717) is 17.1 Å². The Hall–Kier alpha value is -8.85. The van der Waals surface area contributed by atoms with Crippen molar-refractivity contribution in [2.75, 3.05) is 0 Å². The average Bonchev–Trinajstić information content (AvgIpc) is 3.89. The van der Waals surface area contributed by atoms with E-state index in [1.165, 1.54) is 0 Å². The third kappa shape index (κ3) is 6.16. The molecule has 5 nitrogen and oxygen atoms in total. The molecule has 0 unspecified atom stereocenters. The van der Waals surface area contributed by atoms with Crippen LogP contribution in [0.5, 0.6) is 0 Å². The zero-order valence-electron chi connectivity index (χ0n) is 34.6. The van der Waals surface area contributed by atoms with E-state index in [4.69, 9.17) is 9.97 Å². The molecule has 12 aromatic rings. The number of fused-ring (bicyclic) bond motifs is 6. The van der Waals surface area contributed by atoms with Crippen LogP contribution in [0, 0.1) is 11.3 Å². The molecule has 0 amide bonds. The minimum Gasteiger partial charge on any atom is -0.307 e. The predicted molar refractivity (Wildman–Crippen MR) is 263 cm³/mol. The Morgan fingerprint density at radius 3 is 1.27 bits per heavy atom. The molecule has 0 N–H and O–H groups in total. The number of hydrogen-bond donors (Lipinski definition) is 0. The van der Waals surface area contributed by atoms with Gasteiger partial charge >= 0.3 is 0 Å². The van der Waals surface area contributed by atoms with Crippen LogP contribution in [-0.2, 0) is 0 Å². The summed E-state index contributed by atoms with van der Waals surface area (Å²) in [7, 11) is 0. The average molecular weight is 816 g/mol. The quantitative estimate of drug-likeness (QED) is 0.161. The number of nitriles is 1. The molecular weight excluding hydrogens is 779 g/mol. The van der Waals surface area contributed by atoms with Gasteiger partial charge in [0, 0.05) is 38.2 Å². The molecule has 0 aliphatic carbocycles. The number of nitrogens with zero attached hydrogens (tertiary/aromatic N) is 5. The lowest BCUT2D eigenvalue weighted by Gasteiger charge is -2.20. The Labute approximate surface area is 370 Å². The van der Waals surface area contributed by atoms with Crippen molar-refractivity contribution >= 4 is 43.6 Å². The van der Waals surface area contributed by atoms with Gasteiger partial charge < -0.3 is 9.13 Å². The Bertz CT molecular complexity index is 3710. The lowest BCUT2D eigenvalue weighted by atomic mass is 9.99. The zero-order chi connectivity index (χ0) is 42.6. The molecule has 3 heterocycles. The van der Waals surface area contributed by atoms with Gasteiger partial charge in [0.05, 0.1) is 56.5 Å². The fourth-order valence-corrected chi connectivity index (χ4v) is 9.38. The highest BCUT2D eigenvalue weighted by Gasteiger charge is 2.24. The van der Waals surface area contributed by atoms with Crippen molar-refractivity contribution in [1.29, 1.82) is 5.26 Å². The van der Waals surface area contributed by atoms with E-state index in [9.17, 15) is 5.26 Å². The Morgan fingerprint density at radius 2 is 0.750 bits per heavy atom. The maximum absolute atomic E-state index is 11.3. The van der Waals surface area contributed by atoms with Crippen LogP contribution in [-0.4, -0.2) is 19.1 Å². The van der Waals surface area contributed by atoms with Gasteiger partial charge in [-0.3, -0.25) is 0 Å². The van der Waals surface area contributed by atoms with Crippen LogP contribution in [0.3, 0.4) is 0 Å². The van der Waals surface area contributed by atoms with E-state index < -0.39 is 0 Å². The van der Waals surface area contributed by atoms with Crippen molar-refractivity contribution in [3.8, 4) is 73.6 Å². The summed E-state index contributed by atoms with van der Waals surface area (Å²) in [5.41, 5.74) is 15.2. The van der Waals surface area contributed by atoms with Gasteiger partial charge in [0.1, 0.15) is 0 Å². The van der Waals surface area contributed by atoms with Gasteiger partial charge in [-0.15, -0.1) is 0 Å². The van der Waals surface area contributed by atoms with E-state index in [2.05, 4.69) is 185 Å². The number of para-hydroxylation sites is 2. The van der Waals surface area contributed by atoms with Crippen molar-refractivity contribution in [3.05, 3.63) is 230 Å². The molecule has 12 rings (SSSR count). The smallest absolute Gasteiger partial charge is 0.160 e. The Morgan fingerprint density at radius 1 is 0.328 bits per heavy atom. The molecule has 3 aromatic heterocycles. The van der Waals surface area contributed by atoms with Crippen molar-refractivity contribution < 1.29 is 0 Å². The van der Waals surface area contributed by atoms with Crippen LogP contribution >= 0.6 is 0 Å². The predicted octanol–water partition coefficient (Wildman–Crippen LogP) is 14.9. The summed E-state index contributed by atoms with van der Waals surface area (Å²) in [4.78, 5) is 10.3. The first-order valence-electron chi connectivity index (χ1n) is 21.5. The Kier molecular flexibility index (Phi) is 8.81. The third-order valence-electron chi connectivity index (χ3n) is 12.4. The summed E-state index contributed by atoms with van der Waals surface area (Å²) in [5, 5.41) is 15.8. The van der Waals surface area contributed by atoms with Crippen LogP contribution in [0.15, 0.2) is 224 Å². The third-order valence-corrected chi connectivity index (χ3v) is 12.4. The van der Waals surface area contributed by atoms with Crippen LogP contribution in [0.4, 0.5) is 0 Å². The van der Waals surface area contributed by atoms with Crippen LogP contribution in [0.25, 0.3) is 111 Å². The fourth-order valence-electron chi connectivity index (χ4n) is 9.38. The minimum atomic E-state index is 0.509. The first-order valence-corrected chi connectivity index (χ1v) is 21.5. The molecule has 5 heteroatoms. The summed E-state index contributed by atoms with van der Waals surface area (Å²) in [6.07, 6.45) is 0. The SMILES string of the molecule is N#Cc1cc(-n2c3ccccc3c3cc(-c4ccccc4)ccc32)c(-n2c3ccccc3c3cc(-c4ccccc4)ccc32)cc1-c1cc(-c2ccccc2)nc(-c2ccccc2)n1. The first-order chi connectivity index (χ1) is 31.7. The molecule has 0 bridgehead atoms. The maximum Gasteiger partial charge on any atom is 0.160 e. The van der Waals surface area contributed by atoms with Gasteiger partial charge in [0.25, 0.3) is 0 Å². The number of hydrogen-bond acceptors (Lipinski definition) is 3.